The molecule has 1 atom stereocenters. The van der Waals surface area contributed by atoms with E-state index in [1.165, 1.54) is 26.8 Å². The van der Waals surface area contributed by atoms with E-state index in [2.05, 4.69) is 4.98 Å². The Morgan fingerprint density at radius 1 is 1.60 bits per heavy atom. The van der Waals surface area contributed by atoms with Gasteiger partial charge in [0.2, 0.25) is 0 Å². The molecule has 2 aromatic heterocycles. The van der Waals surface area contributed by atoms with Crippen LogP contribution in [0.3, 0.4) is 0 Å². The number of hydrogen-bond donors (Lipinski definition) is 1. The number of hydrogen-bond acceptors (Lipinski definition) is 5. The zero-order valence-corrected chi connectivity index (χ0v) is 12.5. The molecule has 0 saturated carbocycles. The Hall–Kier alpha value is -1.73. The molecule has 20 heavy (non-hydrogen) atoms. The number of aromatic nitrogens is 2. The van der Waals surface area contributed by atoms with E-state index in [0.717, 1.165) is 5.69 Å². The van der Waals surface area contributed by atoms with Crippen LogP contribution in [0.5, 0.6) is 0 Å². The van der Waals surface area contributed by atoms with Gasteiger partial charge in [-0.1, -0.05) is 0 Å². The van der Waals surface area contributed by atoms with Gasteiger partial charge in [0.05, 0.1) is 6.10 Å². The molecule has 0 spiro atoms. The Balaban J connectivity index is 2.33. The maximum atomic E-state index is 12.3. The lowest BCUT2D eigenvalue weighted by molar-refractivity contribution is 0.0766. The summed E-state index contributed by atoms with van der Waals surface area (Å²) >= 11 is 1.36. The molecule has 2 heterocycles. The van der Waals surface area contributed by atoms with Crippen molar-refractivity contribution in [2.75, 3.05) is 13.6 Å². The number of fused-ring (bicyclic) bond motifs is 1. The highest BCUT2D eigenvalue weighted by Gasteiger charge is 2.18. The van der Waals surface area contributed by atoms with Crippen molar-refractivity contribution in [2.24, 2.45) is 0 Å². The number of aliphatic hydroxyl groups excluding tert-OH is 1. The van der Waals surface area contributed by atoms with Crippen LogP contribution >= 0.6 is 11.3 Å². The van der Waals surface area contributed by atoms with Crippen LogP contribution in [0.25, 0.3) is 4.96 Å². The van der Waals surface area contributed by atoms with Crippen LogP contribution in [0.15, 0.2) is 16.4 Å². The quantitative estimate of drug-likeness (QED) is 0.909. The third kappa shape index (κ3) is 2.73. The molecule has 7 heteroatoms. The third-order valence-corrected chi connectivity index (χ3v) is 4.03. The van der Waals surface area contributed by atoms with Gasteiger partial charge in [-0.2, -0.15) is 0 Å². The van der Waals surface area contributed by atoms with Crippen LogP contribution < -0.4 is 5.56 Å². The maximum absolute atomic E-state index is 12.3. The lowest BCUT2D eigenvalue weighted by atomic mass is 10.2. The van der Waals surface area contributed by atoms with Crippen molar-refractivity contribution in [3.63, 3.8) is 0 Å². The van der Waals surface area contributed by atoms with E-state index >= 15 is 0 Å². The first-order valence-electron chi connectivity index (χ1n) is 6.31. The highest BCUT2D eigenvalue weighted by molar-refractivity contribution is 7.15. The lowest BCUT2D eigenvalue weighted by Crippen LogP contribution is -2.34. The van der Waals surface area contributed by atoms with Gasteiger partial charge in [0.1, 0.15) is 5.56 Å². The number of thiazole rings is 1. The zero-order valence-electron chi connectivity index (χ0n) is 11.7. The molecule has 0 saturated heterocycles. The molecule has 1 unspecified atom stereocenters. The van der Waals surface area contributed by atoms with Crippen molar-refractivity contribution in [3.8, 4) is 0 Å². The molecule has 1 N–H and O–H groups in total. The monoisotopic (exact) mass is 295 g/mol. The van der Waals surface area contributed by atoms with Crippen LogP contribution in [0.4, 0.5) is 0 Å². The van der Waals surface area contributed by atoms with E-state index < -0.39 is 6.10 Å². The first-order valence-corrected chi connectivity index (χ1v) is 7.19. The van der Waals surface area contributed by atoms with Gasteiger partial charge in [0.25, 0.3) is 11.5 Å². The van der Waals surface area contributed by atoms with E-state index in [1.54, 1.807) is 20.9 Å². The minimum Gasteiger partial charge on any atom is -0.393 e. The van der Waals surface area contributed by atoms with Crippen molar-refractivity contribution < 1.29 is 9.90 Å². The molecule has 0 aromatic carbocycles. The molecule has 0 aliphatic heterocycles. The summed E-state index contributed by atoms with van der Waals surface area (Å²) in [6.07, 6.45) is 1.32. The molecular weight excluding hydrogens is 278 g/mol. The summed E-state index contributed by atoms with van der Waals surface area (Å²) in [6.45, 7) is 3.86. The predicted octanol–water partition coefficient (Wildman–Crippen LogP) is 0.907. The number of carbonyl (C=O) groups excluding carboxylic acids is 1. The van der Waals surface area contributed by atoms with Crippen molar-refractivity contribution >= 4 is 22.2 Å². The molecule has 2 aromatic rings. The van der Waals surface area contributed by atoms with Crippen molar-refractivity contribution in [3.05, 3.63) is 33.2 Å². The van der Waals surface area contributed by atoms with Crippen LogP contribution in [0.1, 0.15) is 29.4 Å². The number of nitrogens with zero attached hydrogens (tertiary/aromatic N) is 3. The van der Waals surface area contributed by atoms with Crippen LogP contribution in [-0.2, 0) is 0 Å². The van der Waals surface area contributed by atoms with Gasteiger partial charge in [0, 0.05) is 30.9 Å². The van der Waals surface area contributed by atoms with E-state index in [0.29, 0.717) is 17.9 Å². The van der Waals surface area contributed by atoms with Gasteiger partial charge in [-0.15, -0.1) is 11.3 Å². The predicted molar refractivity (Wildman–Crippen MR) is 77.3 cm³/mol. The second-order valence-corrected chi connectivity index (χ2v) is 5.67. The SMILES string of the molecule is Cc1csc2ncc(C(=O)N(C)CCC(C)O)c(=O)n12. The summed E-state index contributed by atoms with van der Waals surface area (Å²) in [4.78, 5) is 30.7. The summed E-state index contributed by atoms with van der Waals surface area (Å²) in [5.74, 6) is -0.372. The first kappa shape index (κ1) is 14.7. The number of carbonyl (C=O) groups is 1. The largest absolute Gasteiger partial charge is 0.393 e. The topological polar surface area (TPSA) is 74.9 Å². The highest BCUT2D eigenvalue weighted by Crippen LogP contribution is 2.11. The molecular formula is C13H17N3O3S. The second-order valence-electron chi connectivity index (χ2n) is 4.84. The molecule has 0 bridgehead atoms. The van der Waals surface area contributed by atoms with Gasteiger partial charge in [-0.05, 0) is 20.3 Å². The molecule has 1 amide bonds. The van der Waals surface area contributed by atoms with E-state index in [-0.39, 0.29) is 17.0 Å². The van der Waals surface area contributed by atoms with Gasteiger partial charge < -0.3 is 10.0 Å². The Morgan fingerprint density at radius 2 is 2.30 bits per heavy atom. The highest BCUT2D eigenvalue weighted by atomic mass is 32.1. The smallest absolute Gasteiger partial charge is 0.271 e. The van der Waals surface area contributed by atoms with Crippen molar-refractivity contribution in [2.45, 2.75) is 26.4 Å². The first-order chi connectivity index (χ1) is 9.41. The maximum Gasteiger partial charge on any atom is 0.271 e. The van der Waals surface area contributed by atoms with E-state index in [9.17, 15) is 14.7 Å². The Morgan fingerprint density at radius 3 is 2.95 bits per heavy atom. The molecule has 108 valence electrons. The summed E-state index contributed by atoms with van der Waals surface area (Å²) in [6, 6.07) is 0. The average molecular weight is 295 g/mol. The Labute approximate surface area is 120 Å². The number of aliphatic hydroxyl groups is 1. The zero-order chi connectivity index (χ0) is 14.9. The summed E-state index contributed by atoms with van der Waals surface area (Å²) in [5.41, 5.74) is 0.475. The number of rotatable bonds is 4. The molecule has 2 rings (SSSR count). The van der Waals surface area contributed by atoms with E-state index in [1.807, 2.05) is 5.38 Å². The summed E-state index contributed by atoms with van der Waals surface area (Å²) in [7, 11) is 1.61. The van der Waals surface area contributed by atoms with Crippen molar-refractivity contribution in [1.82, 2.24) is 14.3 Å². The van der Waals surface area contributed by atoms with E-state index in [4.69, 9.17) is 0 Å². The normalized spacial score (nSPS) is 12.6. The number of amides is 1. The molecule has 0 fully saturated rings. The number of aryl methyl sites for hydroxylation is 1. The van der Waals surface area contributed by atoms with Crippen LogP contribution in [-0.4, -0.2) is 45.0 Å². The standard InChI is InChI=1S/C13H17N3O3S/c1-8-7-20-13-14-6-10(12(19)16(8)13)11(18)15(3)5-4-9(2)17/h6-7,9,17H,4-5H2,1-3H3. The van der Waals surface area contributed by atoms with Crippen LogP contribution in [0, 0.1) is 6.92 Å². The lowest BCUT2D eigenvalue weighted by Gasteiger charge is -2.17. The molecule has 0 aliphatic carbocycles. The summed E-state index contributed by atoms with van der Waals surface area (Å²) in [5, 5.41) is 11.1. The molecule has 6 nitrogen and oxygen atoms in total. The van der Waals surface area contributed by atoms with Gasteiger partial charge in [-0.25, -0.2) is 4.98 Å². The molecule has 0 radical (unpaired) electrons. The summed E-state index contributed by atoms with van der Waals surface area (Å²) < 4.78 is 1.44. The Kier molecular flexibility index (Phi) is 4.20. The average Bonchev–Trinajstić information content (AvgIpc) is 2.78. The fourth-order valence-corrected chi connectivity index (χ4v) is 2.69. The minimum absolute atomic E-state index is 0.0529. The fourth-order valence-electron chi connectivity index (χ4n) is 1.86. The third-order valence-electron chi connectivity index (χ3n) is 3.08. The van der Waals surface area contributed by atoms with Crippen LogP contribution in [0.2, 0.25) is 0 Å². The Bertz CT molecular complexity index is 690. The van der Waals surface area contributed by atoms with Gasteiger partial charge >= 0.3 is 0 Å². The molecule has 0 aliphatic rings. The van der Waals surface area contributed by atoms with Crippen molar-refractivity contribution in [1.29, 1.82) is 0 Å². The van der Waals surface area contributed by atoms with Gasteiger partial charge in [0.15, 0.2) is 4.96 Å². The van der Waals surface area contributed by atoms with Gasteiger partial charge in [-0.3, -0.25) is 14.0 Å². The fraction of sp³-hybridized carbons (Fsp3) is 0.462. The minimum atomic E-state index is -0.480. The second kappa shape index (κ2) is 5.72.